The summed E-state index contributed by atoms with van der Waals surface area (Å²) in [5.74, 6) is -1.01. The first kappa shape index (κ1) is 10.6. The Bertz CT molecular complexity index is 264. The van der Waals surface area contributed by atoms with Crippen LogP contribution in [0.3, 0.4) is 0 Å². The van der Waals surface area contributed by atoms with Gasteiger partial charge in [-0.25, -0.2) is 8.78 Å². The Balaban J connectivity index is 2.66. The SMILES string of the molecule is CC(Br)CCc1cc(F)cc(F)c1. The highest BCUT2D eigenvalue weighted by atomic mass is 79.9. The van der Waals surface area contributed by atoms with Crippen LogP contribution in [-0.2, 0) is 6.42 Å². The van der Waals surface area contributed by atoms with Crippen LogP contribution in [0.1, 0.15) is 18.9 Å². The first-order chi connectivity index (χ1) is 6.08. The molecule has 0 radical (unpaired) electrons. The molecule has 0 nitrogen and oxygen atoms in total. The second-order valence-corrected chi connectivity index (χ2v) is 4.66. The van der Waals surface area contributed by atoms with Crippen molar-refractivity contribution in [2.24, 2.45) is 0 Å². The standard InChI is InChI=1S/C10H11BrF2/c1-7(11)2-3-8-4-9(12)6-10(13)5-8/h4-7H,2-3H2,1H3. The van der Waals surface area contributed by atoms with E-state index in [2.05, 4.69) is 15.9 Å². The van der Waals surface area contributed by atoms with Crippen molar-refractivity contribution in [1.29, 1.82) is 0 Å². The van der Waals surface area contributed by atoms with Crippen LogP contribution in [0.2, 0.25) is 0 Å². The monoisotopic (exact) mass is 248 g/mol. The smallest absolute Gasteiger partial charge is 0.126 e. The summed E-state index contributed by atoms with van der Waals surface area (Å²) in [6.45, 7) is 2.01. The lowest BCUT2D eigenvalue weighted by molar-refractivity contribution is 0.578. The van der Waals surface area contributed by atoms with Crippen LogP contribution in [0.25, 0.3) is 0 Å². The third-order valence-electron chi connectivity index (χ3n) is 1.75. The van der Waals surface area contributed by atoms with Crippen LogP contribution >= 0.6 is 15.9 Å². The summed E-state index contributed by atoms with van der Waals surface area (Å²) in [4.78, 5) is 0.374. The van der Waals surface area contributed by atoms with Crippen molar-refractivity contribution >= 4 is 15.9 Å². The first-order valence-corrected chi connectivity index (χ1v) is 5.08. The van der Waals surface area contributed by atoms with E-state index >= 15 is 0 Å². The van der Waals surface area contributed by atoms with Crippen molar-refractivity contribution in [2.75, 3.05) is 0 Å². The lowest BCUT2D eigenvalue weighted by Gasteiger charge is -2.03. The van der Waals surface area contributed by atoms with Crippen molar-refractivity contribution in [2.45, 2.75) is 24.6 Å². The van der Waals surface area contributed by atoms with E-state index in [1.807, 2.05) is 6.92 Å². The minimum absolute atomic E-state index is 0.374. The number of hydrogen-bond acceptors (Lipinski definition) is 0. The van der Waals surface area contributed by atoms with Crippen molar-refractivity contribution in [1.82, 2.24) is 0 Å². The summed E-state index contributed by atoms with van der Waals surface area (Å²) in [5.41, 5.74) is 0.712. The highest BCUT2D eigenvalue weighted by Gasteiger charge is 2.02. The number of hydrogen-bond donors (Lipinski definition) is 0. The maximum absolute atomic E-state index is 12.7. The molecule has 0 amide bonds. The minimum Gasteiger partial charge on any atom is -0.207 e. The van der Waals surface area contributed by atoms with Gasteiger partial charge in [-0.3, -0.25) is 0 Å². The molecule has 1 rings (SSSR count). The predicted octanol–water partition coefficient (Wildman–Crippen LogP) is 3.68. The number of aryl methyl sites for hydroxylation is 1. The van der Waals surface area contributed by atoms with Gasteiger partial charge in [-0.15, -0.1) is 0 Å². The number of rotatable bonds is 3. The molecular weight excluding hydrogens is 238 g/mol. The van der Waals surface area contributed by atoms with Crippen LogP contribution in [0.15, 0.2) is 18.2 Å². The molecule has 0 N–H and O–H groups in total. The van der Waals surface area contributed by atoms with E-state index in [-0.39, 0.29) is 0 Å². The number of alkyl halides is 1. The average molecular weight is 249 g/mol. The van der Waals surface area contributed by atoms with Gasteiger partial charge in [0.1, 0.15) is 11.6 Å². The average Bonchev–Trinajstić information content (AvgIpc) is 1.99. The van der Waals surface area contributed by atoms with Crippen LogP contribution in [0.4, 0.5) is 8.78 Å². The van der Waals surface area contributed by atoms with Gasteiger partial charge in [0.05, 0.1) is 0 Å². The maximum atomic E-state index is 12.7. The summed E-state index contributed by atoms with van der Waals surface area (Å²) in [6.07, 6.45) is 1.57. The molecule has 0 aliphatic carbocycles. The fourth-order valence-electron chi connectivity index (χ4n) is 1.12. The summed E-state index contributed by atoms with van der Waals surface area (Å²) in [6, 6.07) is 3.64. The highest BCUT2D eigenvalue weighted by molar-refractivity contribution is 9.09. The molecule has 1 aromatic rings. The second-order valence-electron chi connectivity index (χ2n) is 3.10. The minimum atomic E-state index is -0.503. The summed E-state index contributed by atoms with van der Waals surface area (Å²) < 4.78 is 25.4. The Morgan fingerprint density at radius 1 is 1.23 bits per heavy atom. The molecule has 0 aromatic heterocycles. The Morgan fingerprint density at radius 2 is 1.77 bits per heavy atom. The molecule has 0 saturated carbocycles. The highest BCUT2D eigenvalue weighted by Crippen LogP contribution is 2.13. The van der Waals surface area contributed by atoms with Crippen molar-refractivity contribution < 1.29 is 8.78 Å². The van der Waals surface area contributed by atoms with Gasteiger partial charge in [0.2, 0.25) is 0 Å². The summed E-state index contributed by atoms with van der Waals surface area (Å²) in [5, 5.41) is 0. The Hall–Kier alpha value is -0.440. The van der Waals surface area contributed by atoms with Crippen molar-refractivity contribution in [3.63, 3.8) is 0 Å². The first-order valence-electron chi connectivity index (χ1n) is 4.17. The molecule has 1 aromatic carbocycles. The predicted molar refractivity (Wildman–Crippen MR) is 53.1 cm³/mol. The van der Waals surface area contributed by atoms with Gasteiger partial charge in [0.15, 0.2) is 0 Å². The van der Waals surface area contributed by atoms with Gasteiger partial charge >= 0.3 is 0 Å². The van der Waals surface area contributed by atoms with Crippen LogP contribution in [-0.4, -0.2) is 4.83 Å². The molecule has 1 atom stereocenters. The van der Waals surface area contributed by atoms with Crippen LogP contribution in [0.5, 0.6) is 0 Å². The normalized spacial score (nSPS) is 12.9. The molecule has 3 heteroatoms. The topological polar surface area (TPSA) is 0 Å². The van der Waals surface area contributed by atoms with E-state index in [9.17, 15) is 8.78 Å². The van der Waals surface area contributed by atoms with E-state index in [0.29, 0.717) is 16.8 Å². The molecule has 72 valence electrons. The Kier molecular flexibility index (Phi) is 3.85. The van der Waals surface area contributed by atoms with Crippen molar-refractivity contribution in [3.05, 3.63) is 35.4 Å². The molecule has 0 saturated heterocycles. The van der Waals surface area contributed by atoms with Gasteiger partial charge in [0, 0.05) is 10.9 Å². The molecule has 0 bridgehead atoms. The number of benzene rings is 1. The molecule has 13 heavy (non-hydrogen) atoms. The van der Waals surface area contributed by atoms with Crippen LogP contribution in [0, 0.1) is 11.6 Å². The Morgan fingerprint density at radius 3 is 2.23 bits per heavy atom. The fraction of sp³-hybridized carbons (Fsp3) is 0.400. The second kappa shape index (κ2) is 4.70. The lowest BCUT2D eigenvalue weighted by Crippen LogP contribution is -1.95. The molecular formula is C10H11BrF2. The quantitative estimate of drug-likeness (QED) is 0.717. The maximum Gasteiger partial charge on any atom is 0.126 e. The van der Waals surface area contributed by atoms with E-state index in [1.165, 1.54) is 12.1 Å². The van der Waals surface area contributed by atoms with E-state index < -0.39 is 11.6 Å². The van der Waals surface area contributed by atoms with E-state index in [1.54, 1.807) is 0 Å². The molecule has 0 spiro atoms. The largest absolute Gasteiger partial charge is 0.207 e. The lowest BCUT2D eigenvalue weighted by atomic mass is 10.1. The Labute approximate surface area is 85.1 Å². The third-order valence-corrected chi connectivity index (χ3v) is 2.21. The summed E-state index contributed by atoms with van der Waals surface area (Å²) in [7, 11) is 0. The fourth-order valence-corrected chi connectivity index (χ4v) is 1.35. The zero-order chi connectivity index (χ0) is 9.84. The van der Waals surface area contributed by atoms with E-state index in [4.69, 9.17) is 0 Å². The molecule has 0 heterocycles. The zero-order valence-corrected chi connectivity index (χ0v) is 8.94. The van der Waals surface area contributed by atoms with Gasteiger partial charge in [-0.05, 0) is 30.5 Å². The van der Waals surface area contributed by atoms with E-state index in [0.717, 1.165) is 12.5 Å². The van der Waals surface area contributed by atoms with Gasteiger partial charge in [-0.1, -0.05) is 22.9 Å². The summed E-state index contributed by atoms with van der Waals surface area (Å²) >= 11 is 3.38. The molecule has 0 aliphatic rings. The third kappa shape index (κ3) is 3.85. The molecule has 0 fully saturated rings. The molecule has 1 unspecified atom stereocenters. The van der Waals surface area contributed by atoms with Crippen molar-refractivity contribution in [3.8, 4) is 0 Å². The van der Waals surface area contributed by atoms with Crippen LogP contribution < -0.4 is 0 Å². The molecule has 0 aliphatic heterocycles. The van der Waals surface area contributed by atoms with Gasteiger partial charge in [0.25, 0.3) is 0 Å². The zero-order valence-electron chi connectivity index (χ0n) is 7.36. The number of halogens is 3. The van der Waals surface area contributed by atoms with Gasteiger partial charge < -0.3 is 0 Å². The van der Waals surface area contributed by atoms with Gasteiger partial charge in [-0.2, -0.15) is 0 Å².